The highest BCUT2D eigenvalue weighted by Crippen LogP contribution is 2.34. The molecule has 1 aromatic heterocycles. The molecule has 0 radical (unpaired) electrons. The van der Waals surface area contributed by atoms with Crippen LogP contribution in [0.1, 0.15) is 5.69 Å². The summed E-state index contributed by atoms with van der Waals surface area (Å²) in [6.45, 7) is 0. The Bertz CT molecular complexity index is 827. The lowest BCUT2D eigenvalue weighted by Gasteiger charge is -2.08. The van der Waals surface area contributed by atoms with Gasteiger partial charge < -0.3 is 4.74 Å². The molecule has 0 aliphatic rings. The van der Waals surface area contributed by atoms with Crippen molar-refractivity contribution in [3.05, 3.63) is 58.8 Å². The molecule has 0 unspecified atom stereocenters. The number of rotatable bonds is 2. The van der Waals surface area contributed by atoms with Crippen molar-refractivity contribution < 1.29 is 4.74 Å². The molecule has 0 atom stereocenters. The monoisotopic (exact) mass is 325 g/mol. The van der Waals surface area contributed by atoms with E-state index in [1.807, 2.05) is 42.5 Å². The Kier molecular flexibility index (Phi) is 3.32. The van der Waals surface area contributed by atoms with Gasteiger partial charge >= 0.3 is 6.01 Å². The number of hydrogen-bond acceptors (Lipinski definition) is 4. The van der Waals surface area contributed by atoms with Gasteiger partial charge in [0.25, 0.3) is 0 Å². The Morgan fingerprint density at radius 3 is 2.80 bits per heavy atom. The van der Waals surface area contributed by atoms with Gasteiger partial charge in [-0.25, -0.2) is 4.98 Å². The van der Waals surface area contributed by atoms with E-state index in [-0.39, 0.29) is 11.7 Å². The third-order valence-corrected chi connectivity index (χ3v) is 3.60. The maximum absolute atomic E-state index is 8.82. The second kappa shape index (κ2) is 5.27. The molecule has 1 heterocycles. The highest BCUT2D eigenvalue weighted by molar-refractivity contribution is 9.10. The van der Waals surface area contributed by atoms with E-state index in [0.29, 0.717) is 5.75 Å². The van der Waals surface area contributed by atoms with Gasteiger partial charge in [0.2, 0.25) is 0 Å². The predicted molar refractivity (Wildman–Crippen MR) is 78.5 cm³/mol. The second-order valence-corrected chi connectivity index (χ2v) is 4.83. The van der Waals surface area contributed by atoms with E-state index in [4.69, 9.17) is 10.00 Å². The molecule has 3 rings (SSSR count). The highest BCUT2D eigenvalue weighted by Gasteiger charge is 2.08. The van der Waals surface area contributed by atoms with Crippen molar-refractivity contribution in [2.45, 2.75) is 0 Å². The summed E-state index contributed by atoms with van der Waals surface area (Å²) in [7, 11) is 0. The minimum absolute atomic E-state index is 0.153. The SMILES string of the molecule is N#Cc1ccnc(Oc2ccc3ccccc3c2Br)n1. The van der Waals surface area contributed by atoms with Gasteiger partial charge in [0, 0.05) is 6.20 Å². The molecule has 5 heteroatoms. The second-order valence-electron chi connectivity index (χ2n) is 4.04. The number of nitriles is 1. The first-order chi connectivity index (χ1) is 9.78. The third kappa shape index (κ3) is 2.33. The third-order valence-electron chi connectivity index (χ3n) is 2.78. The molecule has 0 fully saturated rings. The van der Waals surface area contributed by atoms with Crippen LogP contribution in [0.5, 0.6) is 11.8 Å². The van der Waals surface area contributed by atoms with Crippen molar-refractivity contribution in [2.75, 3.05) is 0 Å². The summed E-state index contributed by atoms with van der Waals surface area (Å²) in [6, 6.07) is 15.4. The van der Waals surface area contributed by atoms with E-state index >= 15 is 0 Å². The van der Waals surface area contributed by atoms with Crippen molar-refractivity contribution in [2.24, 2.45) is 0 Å². The summed E-state index contributed by atoms with van der Waals surface area (Å²) in [5, 5.41) is 11.0. The molecular weight excluding hydrogens is 318 g/mol. The number of hydrogen-bond donors (Lipinski definition) is 0. The first-order valence-electron chi connectivity index (χ1n) is 5.86. The van der Waals surface area contributed by atoms with Crippen molar-refractivity contribution >= 4 is 26.7 Å². The van der Waals surface area contributed by atoms with Crippen LogP contribution in [0.15, 0.2) is 53.1 Å². The number of nitrogens with zero attached hydrogens (tertiary/aromatic N) is 3. The summed E-state index contributed by atoms with van der Waals surface area (Å²) in [4.78, 5) is 7.99. The van der Waals surface area contributed by atoms with Crippen LogP contribution in [-0.2, 0) is 0 Å². The predicted octanol–water partition coefficient (Wildman–Crippen LogP) is 4.06. The quantitative estimate of drug-likeness (QED) is 0.713. The minimum Gasteiger partial charge on any atom is -0.423 e. The average Bonchev–Trinajstić information content (AvgIpc) is 2.50. The molecule has 0 N–H and O–H groups in total. The molecule has 3 aromatic rings. The Labute approximate surface area is 123 Å². The van der Waals surface area contributed by atoms with E-state index in [2.05, 4.69) is 25.9 Å². The first kappa shape index (κ1) is 12.6. The van der Waals surface area contributed by atoms with Gasteiger partial charge in [0.05, 0.1) is 4.47 Å². The molecule has 0 spiro atoms. The normalized spacial score (nSPS) is 10.2. The smallest absolute Gasteiger partial charge is 0.323 e. The zero-order chi connectivity index (χ0) is 13.9. The van der Waals surface area contributed by atoms with Crippen LogP contribution >= 0.6 is 15.9 Å². The Morgan fingerprint density at radius 2 is 1.95 bits per heavy atom. The zero-order valence-corrected chi connectivity index (χ0v) is 11.8. The molecule has 0 aliphatic carbocycles. The van der Waals surface area contributed by atoms with Crippen LogP contribution in [-0.4, -0.2) is 9.97 Å². The van der Waals surface area contributed by atoms with Crippen molar-refractivity contribution in [1.29, 1.82) is 5.26 Å². The summed E-state index contributed by atoms with van der Waals surface area (Å²) < 4.78 is 6.47. The van der Waals surface area contributed by atoms with Crippen LogP contribution in [0.3, 0.4) is 0 Å². The highest BCUT2D eigenvalue weighted by atomic mass is 79.9. The molecule has 20 heavy (non-hydrogen) atoms. The van der Waals surface area contributed by atoms with Crippen LogP contribution in [0, 0.1) is 11.3 Å². The summed E-state index contributed by atoms with van der Waals surface area (Å²) in [5.41, 5.74) is 0.270. The lowest BCUT2D eigenvalue weighted by molar-refractivity contribution is 0.439. The fourth-order valence-electron chi connectivity index (χ4n) is 1.84. The fraction of sp³-hybridized carbons (Fsp3) is 0. The van der Waals surface area contributed by atoms with E-state index in [1.165, 1.54) is 12.3 Å². The lowest BCUT2D eigenvalue weighted by atomic mass is 10.1. The molecular formula is C15H8BrN3O. The fourth-order valence-corrected chi connectivity index (χ4v) is 2.42. The van der Waals surface area contributed by atoms with Crippen LogP contribution in [0.2, 0.25) is 0 Å². The first-order valence-corrected chi connectivity index (χ1v) is 6.65. The van der Waals surface area contributed by atoms with Crippen molar-refractivity contribution in [3.8, 4) is 17.8 Å². The maximum atomic E-state index is 8.82. The topological polar surface area (TPSA) is 58.8 Å². The molecule has 0 amide bonds. The van der Waals surface area contributed by atoms with Gasteiger partial charge in [-0.1, -0.05) is 30.3 Å². The van der Waals surface area contributed by atoms with E-state index in [9.17, 15) is 0 Å². The Morgan fingerprint density at radius 1 is 1.10 bits per heavy atom. The molecule has 0 saturated heterocycles. The average molecular weight is 326 g/mol. The molecule has 0 bridgehead atoms. The van der Waals surface area contributed by atoms with Crippen molar-refractivity contribution in [1.82, 2.24) is 9.97 Å². The molecule has 2 aromatic carbocycles. The van der Waals surface area contributed by atoms with E-state index in [1.54, 1.807) is 0 Å². The maximum Gasteiger partial charge on any atom is 0.323 e. The Balaban J connectivity index is 2.02. The Hall–Kier alpha value is -2.45. The summed E-state index contributed by atoms with van der Waals surface area (Å²) >= 11 is 3.53. The van der Waals surface area contributed by atoms with Gasteiger partial charge in [-0.2, -0.15) is 10.2 Å². The standard InChI is InChI=1S/C15H8BrN3O/c16-14-12-4-2-1-3-10(12)5-6-13(14)20-15-18-8-7-11(9-17)19-15/h1-8H. The molecule has 96 valence electrons. The summed E-state index contributed by atoms with van der Waals surface area (Å²) in [5.74, 6) is 0.610. The number of halogens is 1. The van der Waals surface area contributed by atoms with Crippen LogP contribution in [0.25, 0.3) is 10.8 Å². The number of aromatic nitrogens is 2. The van der Waals surface area contributed by atoms with E-state index < -0.39 is 0 Å². The zero-order valence-electron chi connectivity index (χ0n) is 10.2. The van der Waals surface area contributed by atoms with Gasteiger partial charge in [0.1, 0.15) is 17.5 Å². The van der Waals surface area contributed by atoms with Gasteiger partial charge in [-0.15, -0.1) is 0 Å². The van der Waals surface area contributed by atoms with Crippen LogP contribution in [0.4, 0.5) is 0 Å². The summed E-state index contributed by atoms with van der Waals surface area (Å²) in [6.07, 6.45) is 1.50. The number of fused-ring (bicyclic) bond motifs is 1. The number of ether oxygens (including phenoxy) is 1. The molecule has 4 nitrogen and oxygen atoms in total. The van der Waals surface area contributed by atoms with Gasteiger partial charge in [-0.3, -0.25) is 0 Å². The van der Waals surface area contributed by atoms with Crippen LogP contribution < -0.4 is 4.74 Å². The molecule has 0 saturated carbocycles. The lowest BCUT2D eigenvalue weighted by Crippen LogP contribution is -1.94. The van der Waals surface area contributed by atoms with E-state index in [0.717, 1.165) is 15.2 Å². The largest absolute Gasteiger partial charge is 0.423 e. The number of benzene rings is 2. The van der Waals surface area contributed by atoms with Gasteiger partial charge in [0.15, 0.2) is 0 Å². The van der Waals surface area contributed by atoms with Crippen molar-refractivity contribution in [3.63, 3.8) is 0 Å². The van der Waals surface area contributed by atoms with Gasteiger partial charge in [-0.05, 0) is 38.8 Å². The molecule has 0 aliphatic heterocycles. The minimum atomic E-state index is 0.153.